The first-order chi connectivity index (χ1) is 8.58. The van der Waals surface area contributed by atoms with Gasteiger partial charge in [0.05, 0.1) is 11.7 Å². The van der Waals surface area contributed by atoms with Gasteiger partial charge in [-0.25, -0.2) is 13.2 Å². The van der Waals surface area contributed by atoms with Gasteiger partial charge in [0, 0.05) is 5.56 Å². The standard InChI is InChI=1S/C11H11NO4S2/c13-10(7-1-2-7)16-12-9-3-5-17-11-8(9)4-6-18(11,14)15/h3,5,7H,1-2,4,6H2/b12-9+. The molecule has 1 saturated carbocycles. The van der Waals surface area contributed by atoms with E-state index in [9.17, 15) is 13.2 Å². The fraction of sp³-hybridized carbons (Fsp3) is 0.455. The van der Waals surface area contributed by atoms with Crippen LogP contribution in [0.3, 0.4) is 0 Å². The molecule has 0 aromatic carbocycles. The Morgan fingerprint density at radius 3 is 2.94 bits per heavy atom. The van der Waals surface area contributed by atoms with Crippen molar-refractivity contribution in [3.8, 4) is 0 Å². The molecule has 0 saturated heterocycles. The second kappa shape index (κ2) is 4.17. The van der Waals surface area contributed by atoms with E-state index in [0.29, 0.717) is 21.6 Å². The zero-order valence-corrected chi connectivity index (χ0v) is 11.1. The van der Waals surface area contributed by atoms with E-state index in [-0.39, 0.29) is 17.6 Å². The highest BCUT2D eigenvalue weighted by Crippen LogP contribution is 2.30. The van der Waals surface area contributed by atoms with E-state index in [1.165, 1.54) is 11.3 Å². The lowest BCUT2D eigenvalue weighted by atomic mass is 10.2. The van der Waals surface area contributed by atoms with Crippen LogP contribution in [0.4, 0.5) is 0 Å². The molecule has 1 aromatic heterocycles. The first-order valence-corrected chi connectivity index (χ1v) is 8.19. The second-order valence-electron chi connectivity index (χ2n) is 4.42. The minimum Gasteiger partial charge on any atom is -0.317 e. The molecule has 1 aliphatic heterocycles. The number of carbonyl (C=O) groups is 1. The molecule has 0 radical (unpaired) electrons. The molecule has 0 amide bonds. The maximum absolute atomic E-state index is 11.7. The molecular weight excluding hydrogens is 274 g/mol. The van der Waals surface area contributed by atoms with Crippen molar-refractivity contribution >= 4 is 27.1 Å². The molecule has 2 heterocycles. The topological polar surface area (TPSA) is 72.8 Å². The van der Waals surface area contributed by atoms with Gasteiger partial charge in [-0.1, -0.05) is 5.16 Å². The van der Waals surface area contributed by atoms with Gasteiger partial charge in [-0.2, -0.15) is 0 Å². The van der Waals surface area contributed by atoms with Crippen LogP contribution in [0.25, 0.3) is 0 Å². The van der Waals surface area contributed by atoms with E-state index >= 15 is 0 Å². The molecule has 1 aliphatic carbocycles. The van der Waals surface area contributed by atoms with E-state index in [1.807, 2.05) is 0 Å². The van der Waals surface area contributed by atoms with Gasteiger partial charge in [0.2, 0.25) is 0 Å². The van der Waals surface area contributed by atoms with Crippen molar-refractivity contribution in [2.24, 2.45) is 11.1 Å². The number of nitrogens with zero attached hydrogens (tertiary/aromatic N) is 1. The molecule has 96 valence electrons. The minimum absolute atomic E-state index is 0.0166. The molecule has 3 rings (SSSR count). The normalized spacial score (nSPS) is 21.7. The largest absolute Gasteiger partial charge is 0.338 e. The number of rotatable bonds is 2. The van der Waals surface area contributed by atoms with Crippen LogP contribution in [0.15, 0.2) is 20.8 Å². The summed E-state index contributed by atoms with van der Waals surface area (Å²) >= 11 is 1.19. The van der Waals surface area contributed by atoms with Crippen LogP contribution in [-0.2, 0) is 25.9 Å². The van der Waals surface area contributed by atoms with Crippen molar-refractivity contribution in [2.45, 2.75) is 23.5 Å². The maximum Gasteiger partial charge on any atom is 0.338 e. The molecule has 0 atom stereocenters. The predicted molar refractivity (Wildman–Crippen MR) is 64.5 cm³/mol. The Labute approximate surface area is 108 Å². The number of hydrogen-bond acceptors (Lipinski definition) is 6. The lowest BCUT2D eigenvalue weighted by Gasteiger charge is -1.97. The summed E-state index contributed by atoms with van der Waals surface area (Å²) in [6.07, 6.45) is 2.16. The third kappa shape index (κ3) is 2.08. The third-order valence-electron chi connectivity index (χ3n) is 3.00. The minimum atomic E-state index is -3.15. The summed E-state index contributed by atoms with van der Waals surface area (Å²) in [6, 6.07) is 1.69. The predicted octanol–water partition coefficient (Wildman–Crippen LogP) is 0.847. The summed E-state index contributed by atoms with van der Waals surface area (Å²) in [4.78, 5) is 16.2. The van der Waals surface area contributed by atoms with Gasteiger partial charge < -0.3 is 4.84 Å². The summed E-state index contributed by atoms with van der Waals surface area (Å²) in [7, 11) is -3.15. The monoisotopic (exact) mass is 285 g/mol. The molecule has 0 unspecified atom stereocenters. The highest BCUT2D eigenvalue weighted by Gasteiger charge is 2.32. The zero-order valence-electron chi connectivity index (χ0n) is 9.46. The van der Waals surface area contributed by atoms with E-state index < -0.39 is 9.84 Å². The Morgan fingerprint density at radius 2 is 2.22 bits per heavy atom. The average Bonchev–Trinajstić information content (AvgIpc) is 3.13. The van der Waals surface area contributed by atoms with Gasteiger partial charge in [-0.15, -0.1) is 11.3 Å². The van der Waals surface area contributed by atoms with Crippen LogP contribution in [0.1, 0.15) is 18.4 Å². The molecule has 0 bridgehead atoms. The average molecular weight is 285 g/mol. The number of hydrogen-bond donors (Lipinski definition) is 0. The third-order valence-corrected chi connectivity index (χ3v) is 6.34. The molecule has 0 N–H and O–H groups in total. The Balaban J connectivity index is 1.96. The lowest BCUT2D eigenvalue weighted by Crippen LogP contribution is -2.11. The summed E-state index contributed by atoms with van der Waals surface area (Å²) in [5.41, 5.74) is 0.672. The van der Waals surface area contributed by atoms with Gasteiger partial charge in [0.1, 0.15) is 9.57 Å². The van der Waals surface area contributed by atoms with Crippen molar-refractivity contribution in [2.75, 3.05) is 5.75 Å². The van der Waals surface area contributed by atoms with Crippen molar-refractivity contribution in [1.29, 1.82) is 0 Å². The molecular formula is C11H11NO4S2. The smallest absolute Gasteiger partial charge is 0.317 e. The first kappa shape index (κ1) is 11.9. The highest BCUT2D eigenvalue weighted by molar-refractivity contribution is 7.93. The summed E-state index contributed by atoms with van der Waals surface area (Å²) in [5, 5.41) is 5.91. The van der Waals surface area contributed by atoms with Crippen LogP contribution in [0.5, 0.6) is 0 Å². The van der Waals surface area contributed by atoms with Gasteiger partial charge in [-0.05, 0) is 30.7 Å². The lowest BCUT2D eigenvalue weighted by molar-refractivity contribution is -0.145. The van der Waals surface area contributed by atoms with Gasteiger partial charge in [0.25, 0.3) is 0 Å². The van der Waals surface area contributed by atoms with Crippen molar-refractivity contribution in [1.82, 2.24) is 0 Å². The van der Waals surface area contributed by atoms with Crippen LogP contribution < -0.4 is 5.36 Å². The Morgan fingerprint density at radius 1 is 1.44 bits per heavy atom. The van der Waals surface area contributed by atoms with Crippen LogP contribution in [-0.4, -0.2) is 20.1 Å². The SMILES string of the molecule is O=C(O/N=c1\ccsc2c1CCS2(=O)=O)C1CC1. The molecule has 18 heavy (non-hydrogen) atoms. The van der Waals surface area contributed by atoms with Crippen LogP contribution in [0, 0.1) is 5.92 Å². The van der Waals surface area contributed by atoms with E-state index in [1.54, 1.807) is 11.4 Å². The molecule has 1 fully saturated rings. The maximum atomic E-state index is 11.7. The summed E-state index contributed by atoms with van der Waals surface area (Å²) in [5.74, 6) is -0.226. The van der Waals surface area contributed by atoms with Crippen LogP contribution >= 0.6 is 11.3 Å². The molecule has 5 nitrogen and oxygen atoms in total. The molecule has 2 aliphatic rings. The van der Waals surface area contributed by atoms with E-state index in [2.05, 4.69) is 5.16 Å². The number of carbonyl (C=O) groups excluding carboxylic acids is 1. The van der Waals surface area contributed by atoms with Gasteiger partial charge in [0.15, 0.2) is 9.84 Å². The quantitative estimate of drug-likeness (QED) is 0.596. The Hall–Kier alpha value is -1.21. The zero-order chi connectivity index (χ0) is 12.8. The van der Waals surface area contributed by atoms with Gasteiger partial charge >= 0.3 is 5.97 Å². The molecule has 0 spiro atoms. The first-order valence-electron chi connectivity index (χ1n) is 5.66. The second-order valence-corrected chi connectivity index (χ2v) is 7.64. The summed E-state index contributed by atoms with van der Waals surface area (Å²) in [6.45, 7) is 0. The fourth-order valence-corrected chi connectivity index (χ4v) is 4.74. The molecule has 1 aromatic rings. The number of sulfone groups is 1. The van der Waals surface area contributed by atoms with Crippen molar-refractivity contribution in [3.05, 3.63) is 22.4 Å². The van der Waals surface area contributed by atoms with Crippen LogP contribution in [0.2, 0.25) is 0 Å². The van der Waals surface area contributed by atoms with Gasteiger partial charge in [-0.3, -0.25) is 0 Å². The van der Waals surface area contributed by atoms with E-state index in [0.717, 1.165) is 12.8 Å². The Bertz CT molecular complexity index is 671. The number of fused-ring (bicyclic) bond motifs is 1. The highest BCUT2D eigenvalue weighted by atomic mass is 32.2. The van der Waals surface area contributed by atoms with Crippen molar-refractivity contribution in [3.63, 3.8) is 0 Å². The van der Waals surface area contributed by atoms with E-state index in [4.69, 9.17) is 4.84 Å². The fourth-order valence-electron chi connectivity index (χ4n) is 1.83. The Kier molecular flexibility index (Phi) is 2.74. The summed E-state index contributed by atoms with van der Waals surface area (Å²) < 4.78 is 23.8. The van der Waals surface area contributed by atoms with Crippen molar-refractivity contribution < 1.29 is 18.0 Å². The molecule has 7 heteroatoms.